The van der Waals surface area contributed by atoms with E-state index >= 15 is 0 Å². The van der Waals surface area contributed by atoms with Crippen molar-refractivity contribution in [3.63, 3.8) is 0 Å². The lowest BCUT2D eigenvalue weighted by Crippen LogP contribution is -2.39. The van der Waals surface area contributed by atoms with Crippen molar-refractivity contribution in [2.75, 3.05) is 41.5 Å². The van der Waals surface area contributed by atoms with Crippen molar-refractivity contribution in [1.29, 1.82) is 0 Å². The number of aromatic nitrogens is 7. The third-order valence-corrected chi connectivity index (χ3v) is 6.89. The van der Waals surface area contributed by atoms with E-state index in [2.05, 4.69) is 46.2 Å². The molecule has 1 fully saturated rings. The Morgan fingerprint density at radius 2 is 1.89 bits per heavy atom. The first-order valence-electron chi connectivity index (χ1n) is 12.3. The first-order valence-corrected chi connectivity index (χ1v) is 13.1. The summed E-state index contributed by atoms with van der Waals surface area (Å²) in [5.74, 6) is 1.87. The maximum absolute atomic E-state index is 12.4. The molecule has 0 unspecified atom stereocenters. The first kappa shape index (κ1) is 25.3. The molecule has 0 spiro atoms. The lowest BCUT2D eigenvalue weighted by atomic mass is 10.1. The van der Waals surface area contributed by atoms with Crippen LogP contribution in [0.5, 0.6) is 5.75 Å². The maximum atomic E-state index is 12.4. The van der Waals surface area contributed by atoms with Gasteiger partial charge in [0.1, 0.15) is 5.75 Å². The number of ether oxygens (including phenoxy) is 1. The van der Waals surface area contributed by atoms with Crippen LogP contribution in [-0.4, -0.2) is 67.5 Å². The van der Waals surface area contributed by atoms with Crippen LogP contribution in [0.1, 0.15) is 30.5 Å². The number of rotatable bonds is 10. The fourth-order valence-corrected chi connectivity index (χ4v) is 4.76. The Balaban J connectivity index is 1.04. The number of nitrogen functional groups attached to an aromatic ring is 1. The van der Waals surface area contributed by atoms with Crippen molar-refractivity contribution < 1.29 is 9.53 Å². The average molecular weight is 536 g/mol. The molecule has 0 radical (unpaired) electrons. The number of nitrogens with two attached hydrogens (primary N) is 1. The van der Waals surface area contributed by atoms with Gasteiger partial charge in [0, 0.05) is 38.2 Å². The van der Waals surface area contributed by atoms with E-state index in [4.69, 9.17) is 10.5 Å². The number of nitrogens with zero attached hydrogens (tertiary/aromatic N) is 8. The molecule has 14 heteroatoms. The molecule has 0 bridgehead atoms. The van der Waals surface area contributed by atoms with Gasteiger partial charge in [0.05, 0.1) is 19.3 Å². The van der Waals surface area contributed by atoms with E-state index in [0.29, 0.717) is 30.0 Å². The molecule has 1 amide bonds. The van der Waals surface area contributed by atoms with Crippen molar-refractivity contribution in [3.05, 3.63) is 53.9 Å². The second kappa shape index (κ2) is 11.8. The number of benzene rings is 1. The van der Waals surface area contributed by atoms with Crippen LogP contribution in [-0.2, 0) is 17.8 Å². The zero-order chi connectivity index (χ0) is 26.3. The molecule has 4 aromatic rings. The summed E-state index contributed by atoms with van der Waals surface area (Å²) >= 11 is 1.35. The van der Waals surface area contributed by atoms with E-state index in [-0.39, 0.29) is 12.3 Å². The van der Waals surface area contributed by atoms with E-state index in [1.54, 1.807) is 17.9 Å². The van der Waals surface area contributed by atoms with Crippen molar-refractivity contribution in [1.82, 2.24) is 35.4 Å². The van der Waals surface area contributed by atoms with E-state index in [0.717, 1.165) is 53.9 Å². The number of piperidine rings is 1. The molecule has 0 saturated carbocycles. The highest BCUT2D eigenvalue weighted by Crippen LogP contribution is 2.23. The molecule has 1 aliphatic rings. The molecule has 0 aliphatic carbocycles. The Labute approximate surface area is 223 Å². The van der Waals surface area contributed by atoms with Crippen LogP contribution < -0.4 is 26.0 Å². The van der Waals surface area contributed by atoms with Gasteiger partial charge in [-0.05, 0) is 42.7 Å². The summed E-state index contributed by atoms with van der Waals surface area (Å²) in [6, 6.07) is 11.8. The average Bonchev–Trinajstić information content (AvgIpc) is 3.57. The molecule has 198 valence electrons. The number of aryl methyl sites for hydroxylation is 1. The Kier molecular flexibility index (Phi) is 7.87. The van der Waals surface area contributed by atoms with Gasteiger partial charge >= 0.3 is 0 Å². The van der Waals surface area contributed by atoms with Gasteiger partial charge in [-0.3, -0.25) is 4.79 Å². The van der Waals surface area contributed by atoms with Gasteiger partial charge in [-0.15, -0.1) is 25.5 Å². The minimum absolute atomic E-state index is 0.152. The topological polar surface area (TPSA) is 162 Å². The summed E-state index contributed by atoms with van der Waals surface area (Å²) in [5.41, 5.74) is 7.48. The minimum atomic E-state index is -0.152. The fourth-order valence-electron chi connectivity index (χ4n) is 4.18. The predicted molar refractivity (Wildman–Crippen MR) is 144 cm³/mol. The number of amides is 1. The van der Waals surface area contributed by atoms with Crippen LogP contribution in [0, 0.1) is 0 Å². The summed E-state index contributed by atoms with van der Waals surface area (Å²) < 4.78 is 6.94. The standard InChI is InChI=1S/C24H29N11O2S/c1-37-19-5-2-16(3-6-19)14-35-15-18(28-33-35)4-9-22(36)27-20-7-8-21(30-29-20)34-12-10-17(11-13-34)26-24-32-31-23(25)38-24/h2-3,5-8,15,17H,4,9-14H2,1H3,(H2,25,31)(H,26,32)(H,27,29,36). The van der Waals surface area contributed by atoms with E-state index in [9.17, 15) is 4.79 Å². The molecule has 0 atom stereocenters. The third kappa shape index (κ3) is 6.70. The van der Waals surface area contributed by atoms with E-state index < -0.39 is 0 Å². The number of methoxy groups -OCH3 is 1. The lowest BCUT2D eigenvalue weighted by Gasteiger charge is -2.32. The van der Waals surface area contributed by atoms with Crippen LogP contribution in [0.4, 0.5) is 21.9 Å². The molecule has 38 heavy (non-hydrogen) atoms. The highest BCUT2D eigenvalue weighted by atomic mass is 32.1. The Hall–Kier alpha value is -4.33. The van der Waals surface area contributed by atoms with Gasteiger partial charge in [0.15, 0.2) is 11.6 Å². The number of hydrogen-bond donors (Lipinski definition) is 3. The van der Waals surface area contributed by atoms with Crippen molar-refractivity contribution in [2.24, 2.45) is 0 Å². The summed E-state index contributed by atoms with van der Waals surface area (Å²) in [4.78, 5) is 14.6. The van der Waals surface area contributed by atoms with Crippen LogP contribution in [0.15, 0.2) is 42.6 Å². The molecule has 3 aromatic heterocycles. The third-order valence-electron chi connectivity index (χ3n) is 6.20. The molecular weight excluding hydrogens is 506 g/mol. The Morgan fingerprint density at radius 3 is 2.58 bits per heavy atom. The van der Waals surface area contributed by atoms with Crippen molar-refractivity contribution >= 4 is 39.1 Å². The number of hydrogen-bond acceptors (Lipinski definition) is 12. The largest absolute Gasteiger partial charge is 0.497 e. The molecule has 4 heterocycles. The number of nitrogens with one attached hydrogen (secondary N) is 2. The van der Waals surface area contributed by atoms with Gasteiger partial charge in [0.25, 0.3) is 0 Å². The summed E-state index contributed by atoms with van der Waals surface area (Å²) in [5, 5.41) is 32.1. The smallest absolute Gasteiger partial charge is 0.225 e. The second-order valence-corrected chi connectivity index (χ2v) is 9.94. The highest BCUT2D eigenvalue weighted by Gasteiger charge is 2.21. The zero-order valence-corrected chi connectivity index (χ0v) is 21.8. The van der Waals surface area contributed by atoms with Gasteiger partial charge < -0.3 is 26.0 Å². The maximum Gasteiger partial charge on any atom is 0.225 e. The molecule has 1 aliphatic heterocycles. The van der Waals surface area contributed by atoms with Crippen LogP contribution >= 0.6 is 11.3 Å². The predicted octanol–water partition coefficient (Wildman–Crippen LogP) is 2.21. The van der Waals surface area contributed by atoms with Gasteiger partial charge in [-0.25, -0.2) is 4.68 Å². The number of carbonyl (C=O) groups is 1. The molecular formula is C24H29N11O2S. The summed E-state index contributed by atoms with van der Waals surface area (Å²) in [7, 11) is 1.64. The van der Waals surface area contributed by atoms with Crippen molar-refractivity contribution in [2.45, 2.75) is 38.3 Å². The second-order valence-electron chi connectivity index (χ2n) is 8.93. The Bertz CT molecular complexity index is 1330. The molecule has 4 N–H and O–H groups in total. The SMILES string of the molecule is COc1ccc(Cn2cc(CCC(=O)Nc3ccc(N4CCC(Nc5nnc(N)s5)CC4)nn3)nn2)cc1. The normalized spacial score (nSPS) is 13.9. The van der Waals surface area contributed by atoms with Crippen LogP contribution in [0.25, 0.3) is 0 Å². The zero-order valence-electron chi connectivity index (χ0n) is 20.9. The molecule has 13 nitrogen and oxygen atoms in total. The quantitative estimate of drug-likeness (QED) is 0.273. The number of anilines is 4. The summed E-state index contributed by atoms with van der Waals surface area (Å²) in [6.45, 7) is 2.27. The highest BCUT2D eigenvalue weighted by molar-refractivity contribution is 7.18. The first-order chi connectivity index (χ1) is 18.5. The van der Waals surface area contributed by atoms with Gasteiger partial charge in [0.2, 0.25) is 16.2 Å². The minimum Gasteiger partial charge on any atom is -0.497 e. The molecule has 1 aromatic carbocycles. The fraction of sp³-hybridized carbons (Fsp3) is 0.375. The van der Waals surface area contributed by atoms with Crippen LogP contribution in [0.3, 0.4) is 0 Å². The Morgan fingerprint density at radius 1 is 1.08 bits per heavy atom. The molecule has 5 rings (SSSR count). The summed E-state index contributed by atoms with van der Waals surface area (Å²) in [6.07, 6.45) is 4.47. The monoisotopic (exact) mass is 535 g/mol. The lowest BCUT2D eigenvalue weighted by molar-refractivity contribution is -0.116. The van der Waals surface area contributed by atoms with E-state index in [1.807, 2.05) is 36.5 Å². The van der Waals surface area contributed by atoms with Crippen LogP contribution in [0.2, 0.25) is 0 Å². The molecule has 1 saturated heterocycles. The van der Waals surface area contributed by atoms with Gasteiger partial charge in [-0.1, -0.05) is 28.7 Å². The van der Waals surface area contributed by atoms with Gasteiger partial charge in [-0.2, -0.15) is 0 Å². The van der Waals surface area contributed by atoms with E-state index in [1.165, 1.54) is 11.3 Å². The van der Waals surface area contributed by atoms with Crippen molar-refractivity contribution in [3.8, 4) is 5.75 Å². The number of carbonyl (C=O) groups excluding carboxylic acids is 1.